The van der Waals surface area contributed by atoms with Gasteiger partial charge in [-0.3, -0.25) is 10.1 Å². The van der Waals surface area contributed by atoms with Crippen LogP contribution in [-0.2, 0) is 0 Å². The molecule has 5 nitrogen and oxygen atoms in total. The highest BCUT2D eigenvalue weighted by Crippen LogP contribution is 2.17. The number of nitro benzene ring substituents is 1. The number of nitro groups is 1. The van der Waals surface area contributed by atoms with Crippen LogP contribution in [0.4, 0.5) is 21.5 Å². The number of benzene rings is 2. The largest absolute Gasteiger partial charge is 0.332 e. The molecule has 0 aliphatic carbocycles. The molecule has 0 radical (unpaired) electrons. The van der Waals surface area contributed by atoms with Gasteiger partial charge in [0, 0.05) is 17.8 Å². The van der Waals surface area contributed by atoms with Gasteiger partial charge in [-0.05, 0) is 36.5 Å². The monoisotopic (exact) mass is 291 g/mol. The van der Waals surface area contributed by atoms with Gasteiger partial charge in [-0.25, -0.2) is 4.39 Å². The molecule has 20 heavy (non-hydrogen) atoms. The number of hydrogen-bond donors (Lipinski definition) is 2. The molecule has 0 fully saturated rings. The van der Waals surface area contributed by atoms with Gasteiger partial charge >= 0.3 is 0 Å². The fourth-order valence-electron chi connectivity index (χ4n) is 1.51. The van der Waals surface area contributed by atoms with E-state index in [1.54, 1.807) is 18.2 Å². The van der Waals surface area contributed by atoms with E-state index in [0.29, 0.717) is 5.69 Å². The van der Waals surface area contributed by atoms with Gasteiger partial charge in [0.1, 0.15) is 5.82 Å². The molecule has 0 bridgehead atoms. The molecule has 2 rings (SSSR count). The number of nitrogens with zero attached hydrogens (tertiary/aromatic N) is 1. The van der Waals surface area contributed by atoms with E-state index in [9.17, 15) is 14.5 Å². The number of rotatable bonds is 3. The second kappa shape index (κ2) is 6.07. The van der Waals surface area contributed by atoms with E-state index >= 15 is 0 Å². The quantitative estimate of drug-likeness (QED) is 0.514. The summed E-state index contributed by atoms with van der Waals surface area (Å²) in [6.07, 6.45) is 0. The van der Waals surface area contributed by atoms with Gasteiger partial charge in [0.15, 0.2) is 5.11 Å². The summed E-state index contributed by atoms with van der Waals surface area (Å²) in [5, 5.41) is 16.2. The Labute approximate surface area is 119 Å². The molecule has 0 aliphatic heterocycles. The molecular weight excluding hydrogens is 281 g/mol. The maximum absolute atomic E-state index is 13.4. The lowest BCUT2D eigenvalue weighted by Crippen LogP contribution is -2.19. The predicted molar refractivity (Wildman–Crippen MR) is 79.3 cm³/mol. The molecule has 0 saturated carbocycles. The summed E-state index contributed by atoms with van der Waals surface area (Å²) < 4.78 is 13.4. The maximum Gasteiger partial charge on any atom is 0.269 e. The average molecular weight is 291 g/mol. The van der Waals surface area contributed by atoms with Crippen LogP contribution in [0, 0.1) is 15.9 Å². The first-order valence-electron chi connectivity index (χ1n) is 5.63. The molecule has 0 heterocycles. The van der Waals surface area contributed by atoms with Crippen LogP contribution in [0.2, 0.25) is 0 Å². The Morgan fingerprint density at radius 1 is 1.10 bits per heavy atom. The van der Waals surface area contributed by atoms with Gasteiger partial charge < -0.3 is 10.6 Å². The summed E-state index contributed by atoms with van der Waals surface area (Å²) in [6.45, 7) is 0. The van der Waals surface area contributed by atoms with Crippen molar-refractivity contribution in [1.82, 2.24) is 0 Å². The molecule has 0 aromatic heterocycles. The Morgan fingerprint density at radius 3 is 2.35 bits per heavy atom. The Bertz CT molecular complexity index is 646. The molecule has 102 valence electrons. The minimum Gasteiger partial charge on any atom is -0.332 e. The maximum atomic E-state index is 13.4. The minimum absolute atomic E-state index is 0.0106. The second-order valence-corrected chi connectivity index (χ2v) is 4.27. The molecule has 0 spiro atoms. The fourth-order valence-corrected chi connectivity index (χ4v) is 1.74. The Kier molecular flexibility index (Phi) is 4.21. The number of anilines is 2. The van der Waals surface area contributed by atoms with Crippen molar-refractivity contribution in [3.8, 4) is 0 Å². The number of para-hydroxylation sites is 1. The lowest BCUT2D eigenvalue weighted by molar-refractivity contribution is -0.384. The summed E-state index contributed by atoms with van der Waals surface area (Å²) in [4.78, 5) is 10.0. The first-order valence-corrected chi connectivity index (χ1v) is 6.04. The van der Waals surface area contributed by atoms with Crippen LogP contribution in [0.3, 0.4) is 0 Å². The molecule has 0 unspecified atom stereocenters. The average Bonchev–Trinajstić information content (AvgIpc) is 2.42. The summed E-state index contributed by atoms with van der Waals surface area (Å²) in [5.74, 6) is -0.416. The van der Waals surface area contributed by atoms with Crippen LogP contribution < -0.4 is 10.6 Å². The number of halogens is 1. The molecule has 0 aliphatic rings. The van der Waals surface area contributed by atoms with Gasteiger partial charge in [0.2, 0.25) is 0 Å². The van der Waals surface area contributed by atoms with E-state index in [2.05, 4.69) is 10.6 Å². The zero-order chi connectivity index (χ0) is 14.5. The normalized spacial score (nSPS) is 9.85. The van der Waals surface area contributed by atoms with Crippen molar-refractivity contribution < 1.29 is 9.31 Å². The zero-order valence-electron chi connectivity index (χ0n) is 10.2. The third kappa shape index (κ3) is 3.48. The Morgan fingerprint density at radius 2 is 1.75 bits per heavy atom. The molecular formula is C13H10FN3O2S. The fraction of sp³-hybridized carbons (Fsp3) is 0. The van der Waals surface area contributed by atoms with E-state index < -0.39 is 10.7 Å². The smallest absolute Gasteiger partial charge is 0.269 e. The third-order valence-corrected chi connectivity index (χ3v) is 2.66. The topological polar surface area (TPSA) is 67.2 Å². The highest BCUT2D eigenvalue weighted by atomic mass is 32.1. The predicted octanol–water partition coefficient (Wildman–Crippen LogP) is 3.54. The SMILES string of the molecule is O=[N+]([O-])c1ccc(NC(=S)Nc2ccccc2F)cc1. The second-order valence-electron chi connectivity index (χ2n) is 3.86. The van der Waals surface area contributed by atoms with E-state index in [-0.39, 0.29) is 16.5 Å². The number of nitrogens with one attached hydrogen (secondary N) is 2. The standard InChI is InChI=1S/C13H10FN3O2S/c14-11-3-1-2-4-12(11)16-13(20)15-9-5-7-10(8-6-9)17(18)19/h1-8H,(H2,15,16,20). The molecule has 2 N–H and O–H groups in total. The van der Waals surface area contributed by atoms with Crippen LogP contribution in [0.1, 0.15) is 0 Å². The van der Waals surface area contributed by atoms with Crippen molar-refractivity contribution in [2.45, 2.75) is 0 Å². The van der Waals surface area contributed by atoms with E-state index in [0.717, 1.165) is 0 Å². The van der Waals surface area contributed by atoms with Crippen molar-refractivity contribution in [3.05, 3.63) is 64.5 Å². The van der Waals surface area contributed by atoms with Crippen molar-refractivity contribution in [2.75, 3.05) is 10.6 Å². The van der Waals surface area contributed by atoms with Gasteiger partial charge in [-0.15, -0.1) is 0 Å². The summed E-state index contributed by atoms with van der Waals surface area (Å²) in [6, 6.07) is 11.9. The van der Waals surface area contributed by atoms with E-state index in [1.165, 1.54) is 30.3 Å². The van der Waals surface area contributed by atoms with Crippen LogP contribution in [0.5, 0.6) is 0 Å². The Hall–Kier alpha value is -2.54. The number of hydrogen-bond acceptors (Lipinski definition) is 3. The molecule has 2 aromatic carbocycles. The highest BCUT2D eigenvalue weighted by molar-refractivity contribution is 7.80. The zero-order valence-corrected chi connectivity index (χ0v) is 11.0. The van der Waals surface area contributed by atoms with Crippen LogP contribution in [0.25, 0.3) is 0 Å². The van der Waals surface area contributed by atoms with E-state index in [4.69, 9.17) is 12.2 Å². The van der Waals surface area contributed by atoms with Crippen molar-refractivity contribution in [1.29, 1.82) is 0 Å². The third-order valence-electron chi connectivity index (χ3n) is 2.46. The highest BCUT2D eigenvalue weighted by Gasteiger charge is 2.06. The summed E-state index contributed by atoms with van der Waals surface area (Å²) >= 11 is 5.04. The lowest BCUT2D eigenvalue weighted by atomic mass is 10.3. The van der Waals surface area contributed by atoms with Crippen molar-refractivity contribution in [3.63, 3.8) is 0 Å². The van der Waals surface area contributed by atoms with Crippen LogP contribution >= 0.6 is 12.2 Å². The van der Waals surface area contributed by atoms with Gasteiger partial charge in [0.05, 0.1) is 10.6 Å². The number of non-ortho nitro benzene ring substituents is 1. The van der Waals surface area contributed by atoms with Gasteiger partial charge in [0.25, 0.3) is 5.69 Å². The Balaban J connectivity index is 2.01. The van der Waals surface area contributed by atoms with Crippen LogP contribution in [-0.4, -0.2) is 10.0 Å². The first-order chi connectivity index (χ1) is 9.56. The minimum atomic E-state index is -0.486. The molecule has 0 atom stereocenters. The molecule has 0 amide bonds. The summed E-state index contributed by atoms with van der Waals surface area (Å²) in [5.41, 5.74) is 0.819. The van der Waals surface area contributed by atoms with Gasteiger partial charge in [-0.1, -0.05) is 12.1 Å². The number of thiocarbonyl (C=S) groups is 1. The van der Waals surface area contributed by atoms with Gasteiger partial charge in [-0.2, -0.15) is 0 Å². The van der Waals surface area contributed by atoms with Crippen LogP contribution in [0.15, 0.2) is 48.5 Å². The summed E-state index contributed by atoms with van der Waals surface area (Å²) in [7, 11) is 0. The van der Waals surface area contributed by atoms with E-state index in [1.807, 2.05) is 0 Å². The first kappa shape index (κ1) is 13.9. The molecule has 2 aromatic rings. The molecule has 0 saturated heterocycles. The van der Waals surface area contributed by atoms with Crippen molar-refractivity contribution in [2.24, 2.45) is 0 Å². The van der Waals surface area contributed by atoms with Crippen molar-refractivity contribution >= 4 is 34.4 Å². The lowest BCUT2D eigenvalue weighted by Gasteiger charge is -2.10. The molecule has 7 heteroatoms.